The molecule has 0 spiro atoms. The van der Waals surface area contributed by atoms with E-state index in [9.17, 15) is 4.79 Å². The fourth-order valence-electron chi connectivity index (χ4n) is 2.17. The number of Topliss-reactive ketones (excluding diaryl/α,β-unsaturated/α-hetero) is 1. The first-order chi connectivity index (χ1) is 7.83. The maximum Gasteiger partial charge on any atom is 0.135 e. The Balaban J connectivity index is 0.000000165. The Hall–Kier alpha value is -0.410. The molecule has 1 heterocycles. The minimum atomic E-state index is 0.402. The lowest BCUT2D eigenvalue weighted by atomic mass is 9.98. The summed E-state index contributed by atoms with van der Waals surface area (Å²) in [4.78, 5) is 10.4. The molecule has 0 aromatic carbocycles. The number of carbonyl (C=O) groups excluding carboxylic acids is 1. The fourth-order valence-corrected chi connectivity index (χ4v) is 2.17. The standard InChI is InChI=1S/C8H16O.C5H9NO/c1-2-9-8-6-4-3-5-7-8;7-5-1-3-6-4-2-5/h8H,2-7H2,1H3;6H,1-4H2. The van der Waals surface area contributed by atoms with Gasteiger partial charge in [-0.1, -0.05) is 19.3 Å². The van der Waals surface area contributed by atoms with Crippen molar-refractivity contribution >= 4 is 5.78 Å². The van der Waals surface area contributed by atoms with E-state index in [-0.39, 0.29) is 0 Å². The monoisotopic (exact) mass is 227 g/mol. The van der Waals surface area contributed by atoms with E-state index in [1.807, 2.05) is 0 Å². The van der Waals surface area contributed by atoms with E-state index < -0.39 is 0 Å². The molecule has 0 bridgehead atoms. The molecule has 1 aliphatic carbocycles. The van der Waals surface area contributed by atoms with E-state index in [2.05, 4.69) is 12.2 Å². The molecule has 0 radical (unpaired) electrons. The number of rotatable bonds is 2. The van der Waals surface area contributed by atoms with Crippen LogP contribution in [0.1, 0.15) is 51.9 Å². The molecule has 16 heavy (non-hydrogen) atoms. The van der Waals surface area contributed by atoms with Gasteiger partial charge in [-0.05, 0) is 19.8 Å². The van der Waals surface area contributed by atoms with Gasteiger partial charge in [0.15, 0.2) is 0 Å². The number of carbonyl (C=O) groups is 1. The third-order valence-electron chi connectivity index (χ3n) is 3.12. The zero-order chi connectivity index (χ0) is 11.6. The van der Waals surface area contributed by atoms with Crippen molar-refractivity contribution < 1.29 is 9.53 Å². The van der Waals surface area contributed by atoms with Crippen LogP contribution in [0, 0.1) is 0 Å². The summed E-state index contributed by atoms with van der Waals surface area (Å²) in [5, 5.41) is 3.09. The molecule has 2 fully saturated rings. The van der Waals surface area contributed by atoms with Gasteiger partial charge in [0, 0.05) is 32.5 Å². The summed E-state index contributed by atoms with van der Waals surface area (Å²) in [6.45, 7) is 4.75. The van der Waals surface area contributed by atoms with Crippen molar-refractivity contribution in [2.24, 2.45) is 0 Å². The van der Waals surface area contributed by atoms with Crippen LogP contribution in [0.2, 0.25) is 0 Å². The average molecular weight is 227 g/mol. The van der Waals surface area contributed by atoms with Crippen LogP contribution in [0.4, 0.5) is 0 Å². The van der Waals surface area contributed by atoms with Crippen LogP contribution in [0.15, 0.2) is 0 Å². The number of ether oxygens (including phenoxy) is 1. The average Bonchev–Trinajstić information content (AvgIpc) is 2.33. The minimum absolute atomic E-state index is 0.402. The molecule has 3 nitrogen and oxygen atoms in total. The van der Waals surface area contributed by atoms with Gasteiger partial charge < -0.3 is 10.1 Å². The summed E-state index contributed by atoms with van der Waals surface area (Å²) >= 11 is 0. The lowest BCUT2D eigenvalue weighted by Crippen LogP contribution is -2.27. The van der Waals surface area contributed by atoms with Crippen LogP contribution < -0.4 is 5.32 Å². The first kappa shape index (κ1) is 13.7. The summed E-state index contributed by atoms with van der Waals surface area (Å²) < 4.78 is 5.48. The first-order valence-corrected chi connectivity index (χ1v) is 6.67. The summed E-state index contributed by atoms with van der Waals surface area (Å²) in [5.41, 5.74) is 0. The molecule has 1 saturated heterocycles. The van der Waals surface area contributed by atoms with E-state index in [4.69, 9.17) is 4.74 Å². The van der Waals surface area contributed by atoms with Crippen molar-refractivity contribution in [3.63, 3.8) is 0 Å². The van der Waals surface area contributed by atoms with Crippen molar-refractivity contribution in [2.75, 3.05) is 19.7 Å². The van der Waals surface area contributed by atoms with Gasteiger partial charge in [-0.2, -0.15) is 0 Å². The molecule has 0 amide bonds. The van der Waals surface area contributed by atoms with Gasteiger partial charge in [0.1, 0.15) is 5.78 Å². The molecule has 2 rings (SSSR count). The molecule has 0 aromatic rings. The molecular weight excluding hydrogens is 202 g/mol. The topological polar surface area (TPSA) is 38.3 Å². The van der Waals surface area contributed by atoms with Crippen LogP contribution in [0.3, 0.4) is 0 Å². The molecule has 0 aromatic heterocycles. The Kier molecular flexibility index (Phi) is 7.43. The quantitative estimate of drug-likeness (QED) is 0.786. The number of hydrogen-bond acceptors (Lipinski definition) is 3. The Morgan fingerprint density at radius 3 is 2.25 bits per heavy atom. The number of ketones is 1. The number of nitrogens with one attached hydrogen (secondary N) is 1. The van der Waals surface area contributed by atoms with Crippen LogP contribution in [-0.4, -0.2) is 31.6 Å². The lowest BCUT2D eigenvalue weighted by Gasteiger charge is -2.20. The van der Waals surface area contributed by atoms with E-state index in [1.165, 1.54) is 32.1 Å². The summed E-state index contributed by atoms with van der Waals surface area (Å²) in [7, 11) is 0. The van der Waals surface area contributed by atoms with Gasteiger partial charge >= 0.3 is 0 Å². The third-order valence-corrected chi connectivity index (χ3v) is 3.12. The minimum Gasteiger partial charge on any atom is -0.379 e. The highest BCUT2D eigenvalue weighted by molar-refractivity contribution is 5.79. The van der Waals surface area contributed by atoms with Crippen LogP contribution >= 0.6 is 0 Å². The number of piperidine rings is 1. The maximum atomic E-state index is 10.4. The Labute approximate surface area is 98.9 Å². The predicted molar refractivity (Wildman–Crippen MR) is 65.6 cm³/mol. The molecule has 1 aliphatic heterocycles. The van der Waals surface area contributed by atoms with Crippen molar-refractivity contribution in [3.05, 3.63) is 0 Å². The van der Waals surface area contributed by atoms with Gasteiger partial charge in [0.2, 0.25) is 0 Å². The van der Waals surface area contributed by atoms with E-state index >= 15 is 0 Å². The molecule has 94 valence electrons. The molecule has 0 atom stereocenters. The highest BCUT2D eigenvalue weighted by atomic mass is 16.5. The normalized spacial score (nSPS) is 22.4. The van der Waals surface area contributed by atoms with Crippen molar-refractivity contribution in [3.8, 4) is 0 Å². The Morgan fingerprint density at radius 2 is 1.81 bits per heavy atom. The second kappa shape index (κ2) is 8.71. The van der Waals surface area contributed by atoms with Gasteiger partial charge in [-0.15, -0.1) is 0 Å². The van der Waals surface area contributed by atoms with Crippen LogP contribution in [0.5, 0.6) is 0 Å². The summed E-state index contributed by atoms with van der Waals surface area (Å²) in [6.07, 6.45) is 8.85. The Morgan fingerprint density at radius 1 is 1.19 bits per heavy atom. The number of hydrogen-bond donors (Lipinski definition) is 1. The zero-order valence-corrected chi connectivity index (χ0v) is 10.5. The van der Waals surface area contributed by atoms with Crippen molar-refractivity contribution in [1.29, 1.82) is 0 Å². The van der Waals surface area contributed by atoms with E-state index in [0.29, 0.717) is 11.9 Å². The fraction of sp³-hybridized carbons (Fsp3) is 0.923. The molecule has 2 aliphatic rings. The van der Waals surface area contributed by atoms with Crippen molar-refractivity contribution in [2.45, 2.75) is 58.0 Å². The summed E-state index contributed by atoms with van der Waals surface area (Å²) in [6, 6.07) is 0. The molecule has 0 unspecified atom stereocenters. The summed E-state index contributed by atoms with van der Waals surface area (Å²) in [5.74, 6) is 0.402. The van der Waals surface area contributed by atoms with Crippen molar-refractivity contribution in [1.82, 2.24) is 5.32 Å². The Bertz CT molecular complexity index is 178. The van der Waals surface area contributed by atoms with Gasteiger partial charge in [-0.25, -0.2) is 0 Å². The van der Waals surface area contributed by atoms with Gasteiger partial charge in [0.25, 0.3) is 0 Å². The lowest BCUT2D eigenvalue weighted by molar-refractivity contribution is -0.119. The SMILES string of the molecule is CCOC1CCCCC1.O=C1CCNCC1. The second-order valence-corrected chi connectivity index (χ2v) is 4.50. The van der Waals surface area contributed by atoms with Gasteiger partial charge in [-0.3, -0.25) is 4.79 Å². The largest absolute Gasteiger partial charge is 0.379 e. The molecule has 3 heteroatoms. The molecular formula is C13H25NO2. The smallest absolute Gasteiger partial charge is 0.135 e. The van der Waals surface area contributed by atoms with Crippen LogP contribution in [-0.2, 0) is 9.53 Å². The third kappa shape index (κ3) is 6.23. The highest BCUT2D eigenvalue weighted by Gasteiger charge is 2.11. The van der Waals surface area contributed by atoms with E-state index in [1.54, 1.807) is 0 Å². The van der Waals surface area contributed by atoms with E-state index in [0.717, 1.165) is 32.5 Å². The zero-order valence-electron chi connectivity index (χ0n) is 10.5. The van der Waals surface area contributed by atoms with Gasteiger partial charge in [0.05, 0.1) is 6.10 Å². The first-order valence-electron chi connectivity index (χ1n) is 6.67. The molecule has 1 N–H and O–H groups in total. The maximum absolute atomic E-state index is 10.4. The molecule has 1 saturated carbocycles. The highest BCUT2D eigenvalue weighted by Crippen LogP contribution is 2.19. The second-order valence-electron chi connectivity index (χ2n) is 4.50. The predicted octanol–water partition coefficient (Wildman–Crippen LogP) is 2.29. The van der Waals surface area contributed by atoms with Crippen LogP contribution in [0.25, 0.3) is 0 Å².